The number of hydrogen-bond acceptors (Lipinski definition) is 6. The number of aromatic nitrogens is 1. The number of ether oxygens (including phenoxy) is 3. The first-order valence-electron chi connectivity index (χ1n) is 10.3. The predicted molar refractivity (Wildman–Crippen MR) is 115 cm³/mol. The molecule has 1 aromatic carbocycles. The van der Waals surface area contributed by atoms with Gasteiger partial charge in [0.1, 0.15) is 18.1 Å². The average Bonchev–Trinajstić information content (AvgIpc) is 3.57. The number of rotatable bonds is 14. The molecule has 1 aliphatic carbocycles. The maximum absolute atomic E-state index is 12.3. The molecule has 1 fully saturated rings. The van der Waals surface area contributed by atoms with Crippen LogP contribution in [0.3, 0.4) is 0 Å². The van der Waals surface area contributed by atoms with E-state index >= 15 is 0 Å². The summed E-state index contributed by atoms with van der Waals surface area (Å²) in [5.41, 5.74) is 1.69. The zero-order valence-electron chi connectivity index (χ0n) is 17.4. The van der Waals surface area contributed by atoms with Crippen LogP contribution in [-0.2, 0) is 27.7 Å². The van der Waals surface area contributed by atoms with E-state index < -0.39 is 10.0 Å². The number of methoxy groups -OCH3 is 1. The standard InChI is InChI=1S/C22H30N2O5S/c1-27-12-13-28-21-10-9-19(22(15-21)29-17-18-7-8-18)5-4-14-30(25,26)24-16-20-6-2-3-11-23-20/h2-3,6,9-11,15,18,24H,4-5,7-8,12-14,16-17H2,1H3. The van der Waals surface area contributed by atoms with Crippen LogP contribution in [0.5, 0.6) is 11.5 Å². The van der Waals surface area contributed by atoms with Crippen LogP contribution < -0.4 is 14.2 Å². The van der Waals surface area contributed by atoms with Gasteiger partial charge in [-0.1, -0.05) is 12.1 Å². The number of benzene rings is 1. The van der Waals surface area contributed by atoms with E-state index in [1.165, 1.54) is 12.8 Å². The van der Waals surface area contributed by atoms with Crippen LogP contribution in [0.15, 0.2) is 42.6 Å². The topological polar surface area (TPSA) is 86.8 Å². The number of nitrogens with zero attached hydrogens (tertiary/aromatic N) is 1. The summed E-state index contributed by atoms with van der Waals surface area (Å²) in [6, 6.07) is 11.2. The number of hydrogen-bond donors (Lipinski definition) is 1. The van der Waals surface area contributed by atoms with Crippen molar-refractivity contribution < 1.29 is 22.6 Å². The minimum atomic E-state index is -3.37. The van der Waals surface area contributed by atoms with E-state index in [4.69, 9.17) is 14.2 Å². The van der Waals surface area contributed by atoms with Crippen LogP contribution in [0, 0.1) is 5.92 Å². The Balaban J connectivity index is 1.53. The van der Waals surface area contributed by atoms with Gasteiger partial charge in [-0.3, -0.25) is 4.98 Å². The number of nitrogens with one attached hydrogen (secondary N) is 1. The lowest BCUT2D eigenvalue weighted by Crippen LogP contribution is -2.26. The Kier molecular flexibility index (Phi) is 8.48. The highest BCUT2D eigenvalue weighted by atomic mass is 32.2. The molecular formula is C22H30N2O5S. The highest BCUT2D eigenvalue weighted by molar-refractivity contribution is 7.89. The Morgan fingerprint density at radius 3 is 2.73 bits per heavy atom. The fraction of sp³-hybridized carbons (Fsp3) is 0.500. The molecule has 0 spiro atoms. The first kappa shape index (κ1) is 22.5. The Morgan fingerprint density at radius 2 is 2.00 bits per heavy atom. The van der Waals surface area contributed by atoms with E-state index in [0.29, 0.717) is 44.3 Å². The Bertz CT molecular complexity index is 886. The Labute approximate surface area is 178 Å². The molecule has 0 bridgehead atoms. The van der Waals surface area contributed by atoms with Gasteiger partial charge in [-0.05, 0) is 55.4 Å². The van der Waals surface area contributed by atoms with Crippen molar-refractivity contribution in [2.45, 2.75) is 32.2 Å². The predicted octanol–water partition coefficient (Wildman–Crippen LogP) is 2.95. The van der Waals surface area contributed by atoms with Gasteiger partial charge in [0.2, 0.25) is 10.0 Å². The summed E-state index contributed by atoms with van der Waals surface area (Å²) in [6.07, 6.45) is 5.18. The average molecular weight is 435 g/mol. The Morgan fingerprint density at radius 1 is 1.13 bits per heavy atom. The van der Waals surface area contributed by atoms with Gasteiger partial charge >= 0.3 is 0 Å². The lowest BCUT2D eigenvalue weighted by molar-refractivity contribution is 0.146. The summed E-state index contributed by atoms with van der Waals surface area (Å²) in [5.74, 6) is 2.18. The molecule has 1 heterocycles. The molecule has 3 rings (SSSR count). The molecular weight excluding hydrogens is 404 g/mol. The fourth-order valence-corrected chi connectivity index (χ4v) is 3.95. The summed E-state index contributed by atoms with van der Waals surface area (Å²) in [7, 11) is -1.74. The van der Waals surface area contributed by atoms with Gasteiger partial charge in [-0.25, -0.2) is 13.1 Å². The number of aryl methyl sites for hydroxylation is 1. The van der Waals surface area contributed by atoms with E-state index in [0.717, 1.165) is 17.1 Å². The van der Waals surface area contributed by atoms with Crippen LogP contribution in [0.4, 0.5) is 0 Å². The van der Waals surface area contributed by atoms with E-state index in [-0.39, 0.29) is 12.3 Å². The van der Waals surface area contributed by atoms with Crippen LogP contribution in [0.1, 0.15) is 30.5 Å². The van der Waals surface area contributed by atoms with Crippen LogP contribution in [0.25, 0.3) is 0 Å². The lowest BCUT2D eigenvalue weighted by atomic mass is 10.1. The highest BCUT2D eigenvalue weighted by Crippen LogP contribution is 2.32. The molecule has 2 aromatic rings. The quantitative estimate of drug-likeness (QED) is 0.460. The molecule has 1 saturated carbocycles. The molecule has 0 unspecified atom stereocenters. The van der Waals surface area contributed by atoms with E-state index in [2.05, 4.69) is 9.71 Å². The zero-order valence-corrected chi connectivity index (χ0v) is 18.2. The van der Waals surface area contributed by atoms with Gasteiger partial charge in [-0.15, -0.1) is 0 Å². The van der Waals surface area contributed by atoms with Gasteiger partial charge in [0.05, 0.1) is 31.2 Å². The van der Waals surface area contributed by atoms with Crippen molar-refractivity contribution in [3.63, 3.8) is 0 Å². The largest absolute Gasteiger partial charge is 0.493 e. The van der Waals surface area contributed by atoms with Gasteiger partial charge in [0.15, 0.2) is 0 Å². The molecule has 0 saturated heterocycles. The van der Waals surface area contributed by atoms with Crippen molar-refractivity contribution in [2.24, 2.45) is 5.92 Å². The molecule has 0 radical (unpaired) electrons. The number of sulfonamides is 1. The van der Waals surface area contributed by atoms with Crippen LogP contribution in [-0.4, -0.2) is 46.1 Å². The maximum Gasteiger partial charge on any atom is 0.211 e. The van der Waals surface area contributed by atoms with Crippen molar-refractivity contribution >= 4 is 10.0 Å². The second-order valence-corrected chi connectivity index (χ2v) is 9.36. The second kappa shape index (κ2) is 11.3. The zero-order chi connectivity index (χ0) is 21.2. The second-order valence-electron chi connectivity index (χ2n) is 7.43. The highest BCUT2D eigenvalue weighted by Gasteiger charge is 2.22. The third kappa shape index (κ3) is 7.93. The maximum atomic E-state index is 12.3. The van der Waals surface area contributed by atoms with Gasteiger partial charge < -0.3 is 14.2 Å². The minimum Gasteiger partial charge on any atom is -0.493 e. The summed E-state index contributed by atoms with van der Waals surface area (Å²) in [6.45, 7) is 1.88. The van der Waals surface area contributed by atoms with Crippen molar-refractivity contribution in [3.05, 3.63) is 53.9 Å². The minimum absolute atomic E-state index is 0.0496. The molecule has 7 nitrogen and oxygen atoms in total. The molecule has 0 amide bonds. The van der Waals surface area contributed by atoms with E-state index in [1.807, 2.05) is 24.3 Å². The van der Waals surface area contributed by atoms with Crippen LogP contribution in [0.2, 0.25) is 0 Å². The normalized spacial score (nSPS) is 13.9. The van der Waals surface area contributed by atoms with Gasteiger partial charge in [0.25, 0.3) is 0 Å². The molecule has 1 aromatic heterocycles. The van der Waals surface area contributed by atoms with Crippen molar-refractivity contribution in [2.75, 3.05) is 32.7 Å². The molecule has 0 aliphatic heterocycles. The van der Waals surface area contributed by atoms with Gasteiger partial charge in [-0.2, -0.15) is 0 Å². The summed E-state index contributed by atoms with van der Waals surface area (Å²) in [4.78, 5) is 4.13. The van der Waals surface area contributed by atoms with Crippen molar-refractivity contribution in [1.82, 2.24) is 9.71 Å². The van der Waals surface area contributed by atoms with Crippen molar-refractivity contribution in [3.8, 4) is 11.5 Å². The first-order valence-corrected chi connectivity index (χ1v) is 12.0. The molecule has 1 aliphatic rings. The Hall–Kier alpha value is -2.16. The monoisotopic (exact) mass is 434 g/mol. The summed E-state index contributed by atoms with van der Waals surface area (Å²) >= 11 is 0. The molecule has 0 atom stereocenters. The number of pyridine rings is 1. The molecule has 30 heavy (non-hydrogen) atoms. The summed E-state index contributed by atoms with van der Waals surface area (Å²) < 4.78 is 43.9. The SMILES string of the molecule is COCCOc1ccc(CCCS(=O)(=O)NCc2ccccn2)c(OCC2CC2)c1. The van der Waals surface area contributed by atoms with Gasteiger partial charge in [0, 0.05) is 19.4 Å². The molecule has 8 heteroatoms. The molecule has 164 valence electrons. The van der Waals surface area contributed by atoms with E-state index in [9.17, 15) is 8.42 Å². The van der Waals surface area contributed by atoms with Crippen LogP contribution >= 0.6 is 0 Å². The fourth-order valence-electron chi connectivity index (χ4n) is 2.91. The third-order valence-electron chi connectivity index (χ3n) is 4.82. The third-order valence-corrected chi connectivity index (χ3v) is 6.24. The lowest BCUT2D eigenvalue weighted by Gasteiger charge is -2.14. The first-order chi connectivity index (χ1) is 14.6. The summed E-state index contributed by atoms with van der Waals surface area (Å²) in [5, 5.41) is 0. The van der Waals surface area contributed by atoms with E-state index in [1.54, 1.807) is 25.4 Å². The van der Waals surface area contributed by atoms with Crippen molar-refractivity contribution in [1.29, 1.82) is 0 Å². The molecule has 1 N–H and O–H groups in total. The smallest absolute Gasteiger partial charge is 0.211 e.